The van der Waals surface area contributed by atoms with Crippen molar-refractivity contribution in [3.63, 3.8) is 0 Å². The summed E-state index contributed by atoms with van der Waals surface area (Å²) in [5.41, 5.74) is 5.41. The number of rotatable bonds is 5. The molecule has 90 valence electrons. The minimum Gasteiger partial charge on any atom is -0.379 e. The fourth-order valence-corrected chi connectivity index (χ4v) is 1.68. The standard InChI is InChI=1S/C9H18N6O/c10-8-12-9(14-13-8)11-2-1-3-15-4-6-16-7-5-15/h1-7H2,(H4,10,11,12,13,14). The highest BCUT2D eigenvalue weighted by atomic mass is 16.5. The second kappa shape index (κ2) is 5.66. The molecule has 1 saturated heterocycles. The Bertz CT molecular complexity index is 309. The van der Waals surface area contributed by atoms with Crippen LogP contribution in [0.25, 0.3) is 0 Å². The number of anilines is 2. The first kappa shape index (κ1) is 11.2. The zero-order valence-electron chi connectivity index (χ0n) is 9.28. The van der Waals surface area contributed by atoms with Crippen molar-refractivity contribution in [3.05, 3.63) is 0 Å². The summed E-state index contributed by atoms with van der Waals surface area (Å²) in [5.74, 6) is 0.912. The van der Waals surface area contributed by atoms with Crippen molar-refractivity contribution >= 4 is 11.9 Å². The van der Waals surface area contributed by atoms with Gasteiger partial charge in [0.25, 0.3) is 0 Å². The summed E-state index contributed by atoms with van der Waals surface area (Å²) in [6.07, 6.45) is 1.06. The molecular formula is C9H18N6O. The number of hydrogen-bond donors (Lipinski definition) is 3. The van der Waals surface area contributed by atoms with Gasteiger partial charge in [-0.25, -0.2) is 5.10 Å². The number of H-pyrrole nitrogens is 1. The largest absolute Gasteiger partial charge is 0.379 e. The normalized spacial score (nSPS) is 17.5. The zero-order valence-corrected chi connectivity index (χ0v) is 9.28. The fraction of sp³-hybridized carbons (Fsp3) is 0.778. The van der Waals surface area contributed by atoms with Gasteiger partial charge >= 0.3 is 0 Å². The minimum absolute atomic E-state index is 0.343. The van der Waals surface area contributed by atoms with Crippen molar-refractivity contribution < 1.29 is 4.74 Å². The van der Waals surface area contributed by atoms with Gasteiger partial charge in [-0.05, 0) is 13.0 Å². The van der Waals surface area contributed by atoms with Crippen LogP contribution < -0.4 is 11.1 Å². The van der Waals surface area contributed by atoms with E-state index in [2.05, 4.69) is 25.4 Å². The van der Waals surface area contributed by atoms with Crippen LogP contribution in [-0.4, -0.2) is 59.5 Å². The van der Waals surface area contributed by atoms with E-state index in [9.17, 15) is 0 Å². The molecule has 0 saturated carbocycles. The summed E-state index contributed by atoms with van der Waals surface area (Å²) in [4.78, 5) is 6.36. The molecule has 0 bridgehead atoms. The third-order valence-electron chi connectivity index (χ3n) is 2.54. The van der Waals surface area contributed by atoms with Crippen LogP contribution in [0.4, 0.5) is 11.9 Å². The van der Waals surface area contributed by atoms with E-state index in [1.165, 1.54) is 0 Å². The van der Waals surface area contributed by atoms with Gasteiger partial charge in [0, 0.05) is 19.6 Å². The summed E-state index contributed by atoms with van der Waals surface area (Å²) >= 11 is 0. The number of aromatic amines is 1. The molecule has 0 unspecified atom stereocenters. The highest BCUT2D eigenvalue weighted by Gasteiger charge is 2.09. The first-order chi connectivity index (χ1) is 7.84. The smallest absolute Gasteiger partial charge is 0.243 e. The van der Waals surface area contributed by atoms with Crippen LogP contribution in [-0.2, 0) is 4.74 Å². The first-order valence-electron chi connectivity index (χ1n) is 5.56. The van der Waals surface area contributed by atoms with E-state index < -0.39 is 0 Å². The Labute approximate surface area is 94.4 Å². The maximum absolute atomic E-state index is 5.41. The Hall–Kier alpha value is -1.34. The van der Waals surface area contributed by atoms with Crippen molar-refractivity contribution in [2.75, 3.05) is 50.4 Å². The predicted molar refractivity (Wildman–Crippen MR) is 61.2 cm³/mol. The summed E-state index contributed by atoms with van der Waals surface area (Å²) in [5, 5.41) is 9.59. The Morgan fingerprint density at radius 1 is 1.44 bits per heavy atom. The van der Waals surface area contributed by atoms with Gasteiger partial charge < -0.3 is 15.8 Å². The molecule has 0 spiro atoms. The van der Waals surface area contributed by atoms with Crippen LogP contribution in [0.5, 0.6) is 0 Å². The van der Waals surface area contributed by atoms with Crippen molar-refractivity contribution in [1.82, 2.24) is 20.1 Å². The molecule has 1 aromatic heterocycles. The van der Waals surface area contributed by atoms with Crippen LogP contribution >= 0.6 is 0 Å². The summed E-state index contributed by atoms with van der Waals surface area (Å²) in [7, 11) is 0. The molecule has 0 aromatic carbocycles. The Morgan fingerprint density at radius 2 is 2.25 bits per heavy atom. The molecule has 4 N–H and O–H groups in total. The highest BCUT2D eigenvalue weighted by Crippen LogP contribution is 2.00. The molecule has 1 aromatic rings. The third-order valence-corrected chi connectivity index (χ3v) is 2.54. The molecule has 16 heavy (non-hydrogen) atoms. The van der Waals surface area contributed by atoms with Gasteiger partial charge in [-0.15, -0.1) is 5.10 Å². The first-order valence-corrected chi connectivity index (χ1v) is 5.56. The number of hydrogen-bond acceptors (Lipinski definition) is 6. The van der Waals surface area contributed by atoms with Gasteiger partial charge in [0.2, 0.25) is 11.9 Å². The topological polar surface area (TPSA) is 92.1 Å². The molecule has 2 rings (SSSR count). The van der Waals surface area contributed by atoms with E-state index in [-0.39, 0.29) is 0 Å². The lowest BCUT2D eigenvalue weighted by Gasteiger charge is -2.26. The van der Waals surface area contributed by atoms with Gasteiger partial charge in [0.05, 0.1) is 13.2 Å². The second-order valence-electron chi connectivity index (χ2n) is 3.78. The van der Waals surface area contributed by atoms with Gasteiger partial charge in [-0.3, -0.25) is 4.90 Å². The summed E-state index contributed by atoms with van der Waals surface area (Å²) < 4.78 is 5.28. The minimum atomic E-state index is 0.343. The predicted octanol–water partition coefficient (Wildman–Crippen LogP) is -0.479. The van der Waals surface area contributed by atoms with E-state index in [0.717, 1.165) is 45.8 Å². The third kappa shape index (κ3) is 3.35. The number of nitrogens with one attached hydrogen (secondary N) is 2. The maximum atomic E-state index is 5.41. The summed E-state index contributed by atoms with van der Waals surface area (Å²) in [6, 6.07) is 0. The van der Waals surface area contributed by atoms with E-state index >= 15 is 0 Å². The van der Waals surface area contributed by atoms with Crippen molar-refractivity contribution in [1.29, 1.82) is 0 Å². The molecule has 7 heteroatoms. The van der Waals surface area contributed by atoms with Gasteiger partial charge in [0.15, 0.2) is 0 Å². The van der Waals surface area contributed by atoms with Crippen molar-refractivity contribution in [2.24, 2.45) is 0 Å². The Morgan fingerprint density at radius 3 is 2.94 bits per heavy atom. The second-order valence-corrected chi connectivity index (χ2v) is 3.78. The van der Waals surface area contributed by atoms with Crippen LogP contribution in [0.15, 0.2) is 0 Å². The monoisotopic (exact) mass is 226 g/mol. The number of nitrogens with two attached hydrogens (primary N) is 1. The quantitative estimate of drug-likeness (QED) is 0.587. The van der Waals surface area contributed by atoms with Crippen LogP contribution in [0.3, 0.4) is 0 Å². The van der Waals surface area contributed by atoms with E-state index in [1.54, 1.807) is 0 Å². The average molecular weight is 226 g/mol. The molecule has 0 atom stereocenters. The molecule has 1 aliphatic rings. The number of aromatic nitrogens is 3. The number of morpholine rings is 1. The average Bonchev–Trinajstić information content (AvgIpc) is 2.72. The Balaban J connectivity index is 1.57. The molecule has 0 amide bonds. The summed E-state index contributed by atoms with van der Waals surface area (Å²) in [6.45, 7) is 5.71. The van der Waals surface area contributed by atoms with Crippen LogP contribution in [0.2, 0.25) is 0 Å². The molecular weight excluding hydrogens is 208 g/mol. The number of nitrogen functional groups attached to an aromatic ring is 1. The van der Waals surface area contributed by atoms with Crippen LogP contribution in [0, 0.1) is 0 Å². The number of nitrogens with zero attached hydrogens (tertiary/aromatic N) is 3. The molecule has 0 aliphatic carbocycles. The van der Waals surface area contributed by atoms with Gasteiger partial charge in [-0.2, -0.15) is 4.98 Å². The highest BCUT2D eigenvalue weighted by molar-refractivity contribution is 5.29. The molecule has 0 radical (unpaired) electrons. The molecule has 1 aliphatic heterocycles. The van der Waals surface area contributed by atoms with E-state index in [1.807, 2.05) is 0 Å². The SMILES string of the molecule is Nc1nc(NCCCN2CCOCC2)n[nH]1. The maximum Gasteiger partial charge on any atom is 0.243 e. The van der Waals surface area contributed by atoms with Gasteiger partial charge in [0.1, 0.15) is 0 Å². The molecule has 7 nitrogen and oxygen atoms in total. The fourth-order valence-electron chi connectivity index (χ4n) is 1.68. The lowest BCUT2D eigenvalue weighted by Crippen LogP contribution is -2.37. The van der Waals surface area contributed by atoms with E-state index in [0.29, 0.717) is 11.9 Å². The lowest BCUT2D eigenvalue weighted by molar-refractivity contribution is 0.0378. The molecule has 2 heterocycles. The van der Waals surface area contributed by atoms with Crippen LogP contribution in [0.1, 0.15) is 6.42 Å². The zero-order chi connectivity index (χ0) is 11.2. The lowest BCUT2D eigenvalue weighted by atomic mass is 10.3. The van der Waals surface area contributed by atoms with Crippen molar-refractivity contribution in [2.45, 2.75) is 6.42 Å². The van der Waals surface area contributed by atoms with Gasteiger partial charge in [-0.1, -0.05) is 0 Å². The molecule has 1 fully saturated rings. The van der Waals surface area contributed by atoms with Crippen molar-refractivity contribution in [3.8, 4) is 0 Å². The Kier molecular flexibility index (Phi) is 3.95. The number of ether oxygens (including phenoxy) is 1. The van der Waals surface area contributed by atoms with E-state index in [4.69, 9.17) is 10.5 Å².